The van der Waals surface area contributed by atoms with Crippen LogP contribution in [-0.4, -0.2) is 18.7 Å². The van der Waals surface area contributed by atoms with E-state index in [2.05, 4.69) is 0 Å². The molecule has 0 aromatic heterocycles. The fraction of sp³-hybridized carbons (Fsp3) is 0.571. The second kappa shape index (κ2) is 5.02. The number of rotatable bonds is 3. The number of benzene rings is 1. The van der Waals surface area contributed by atoms with Gasteiger partial charge >= 0.3 is 7.12 Å². The summed E-state index contributed by atoms with van der Waals surface area (Å²) in [5.74, 6) is 0.818. The first-order chi connectivity index (χ1) is 8.72. The molecular formula is C14H18BFO2. The van der Waals surface area contributed by atoms with Gasteiger partial charge in [-0.15, -0.1) is 0 Å². The summed E-state index contributed by atoms with van der Waals surface area (Å²) < 4.78 is 19.1. The van der Waals surface area contributed by atoms with E-state index in [1.165, 1.54) is 0 Å². The Morgan fingerprint density at radius 3 is 2.78 bits per heavy atom. The Morgan fingerprint density at radius 1 is 1.33 bits per heavy atom. The van der Waals surface area contributed by atoms with Gasteiger partial charge in [0, 0.05) is 6.61 Å². The van der Waals surface area contributed by atoms with Crippen LogP contribution in [0, 0.1) is 11.7 Å². The molecule has 1 heterocycles. The van der Waals surface area contributed by atoms with E-state index in [9.17, 15) is 9.41 Å². The molecule has 0 amide bonds. The molecule has 1 saturated heterocycles. The molecule has 1 aromatic rings. The zero-order valence-electron chi connectivity index (χ0n) is 10.4. The van der Waals surface area contributed by atoms with Gasteiger partial charge in [0.25, 0.3) is 0 Å². The second-order valence-electron chi connectivity index (χ2n) is 5.57. The molecule has 0 bridgehead atoms. The molecule has 2 nitrogen and oxygen atoms in total. The van der Waals surface area contributed by atoms with Gasteiger partial charge in [-0.2, -0.15) is 0 Å². The highest BCUT2D eigenvalue weighted by atomic mass is 19.1. The molecule has 0 spiro atoms. The van der Waals surface area contributed by atoms with Gasteiger partial charge in [0.15, 0.2) is 0 Å². The third-order valence-electron chi connectivity index (χ3n) is 3.95. The summed E-state index contributed by atoms with van der Waals surface area (Å²) in [5, 5.41) is 9.26. The van der Waals surface area contributed by atoms with E-state index in [0.29, 0.717) is 24.8 Å². The Balaban J connectivity index is 1.64. The van der Waals surface area contributed by atoms with Crippen molar-refractivity contribution in [3.63, 3.8) is 0 Å². The predicted molar refractivity (Wildman–Crippen MR) is 68.9 cm³/mol. The SMILES string of the molecule is OB1CCC(Cc2ccc(C3CC3)c(F)c2)CO1. The molecule has 18 heavy (non-hydrogen) atoms. The predicted octanol–water partition coefficient (Wildman–Crippen LogP) is 2.76. The van der Waals surface area contributed by atoms with Gasteiger partial charge in [-0.05, 0) is 61.0 Å². The van der Waals surface area contributed by atoms with Gasteiger partial charge in [-0.25, -0.2) is 4.39 Å². The van der Waals surface area contributed by atoms with Crippen LogP contribution in [0.15, 0.2) is 18.2 Å². The summed E-state index contributed by atoms with van der Waals surface area (Å²) >= 11 is 0. The summed E-state index contributed by atoms with van der Waals surface area (Å²) in [4.78, 5) is 0. The molecule has 96 valence electrons. The van der Waals surface area contributed by atoms with Crippen molar-refractivity contribution in [1.82, 2.24) is 0 Å². The van der Waals surface area contributed by atoms with Crippen LogP contribution in [0.1, 0.15) is 36.3 Å². The average Bonchev–Trinajstić information content (AvgIpc) is 3.17. The Labute approximate surface area is 107 Å². The van der Waals surface area contributed by atoms with E-state index in [-0.39, 0.29) is 5.82 Å². The van der Waals surface area contributed by atoms with Gasteiger partial charge < -0.3 is 9.68 Å². The van der Waals surface area contributed by atoms with Crippen molar-refractivity contribution in [1.29, 1.82) is 0 Å². The lowest BCUT2D eigenvalue weighted by atomic mass is 9.76. The summed E-state index contributed by atoms with van der Waals surface area (Å²) in [7, 11) is -0.602. The zero-order valence-corrected chi connectivity index (χ0v) is 10.4. The lowest BCUT2D eigenvalue weighted by Gasteiger charge is -2.24. The van der Waals surface area contributed by atoms with Gasteiger partial charge in [0.2, 0.25) is 0 Å². The molecule has 1 N–H and O–H groups in total. The van der Waals surface area contributed by atoms with Gasteiger partial charge in [0.1, 0.15) is 5.82 Å². The molecule has 1 aliphatic heterocycles. The van der Waals surface area contributed by atoms with Crippen LogP contribution in [0.4, 0.5) is 4.39 Å². The summed E-state index contributed by atoms with van der Waals surface area (Å²) in [6.45, 7) is 0.577. The first-order valence-electron chi connectivity index (χ1n) is 6.80. The third-order valence-corrected chi connectivity index (χ3v) is 3.95. The van der Waals surface area contributed by atoms with Crippen LogP contribution in [0.5, 0.6) is 0 Å². The van der Waals surface area contributed by atoms with E-state index in [0.717, 1.165) is 36.8 Å². The van der Waals surface area contributed by atoms with E-state index >= 15 is 0 Å². The molecule has 1 saturated carbocycles. The average molecular weight is 248 g/mol. The quantitative estimate of drug-likeness (QED) is 0.833. The molecule has 1 unspecified atom stereocenters. The molecule has 1 atom stereocenters. The lowest BCUT2D eigenvalue weighted by Crippen LogP contribution is -2.29. The van der Waals surface area contributed by atoms with Crippen LogP contribution in [-0.2, 0) is 11.1 Å². The largest absolute Gasteiger partial charge is 0.454 e. The maximum Gasteiger partial charge on any atom is 0.454 e. The standard InChI is InChI=1S/C14H18BFO2/c16-14-8-10(1-4-13(14)12-2-3-12)7-11-5-6-15(17)18-9-11/h1,4,8,11-12,17H,2-3,5-7,9H2. The van der Waals surface area contributed by atoms with Crippen LogP contribution in [0.3, 0.4) is 0 Å². The smallest absolute Gasteiger partial charge is 0.427 e. The molecule has 2 fully saturated rings. The van der Waals surface area contributed by atoms with Crippen molar-refractivity contribution in [2.45, 2.75) is 37.9 Å². The number of halogens is 1. The summed E-state index contributed by atoms with van der Waals surface area (Å²) in [5.41, 5.74) is 1.93. The number of hydrogen-bond donors (Lipinski definition) is 1. The molecular weight excluding hydrogens is 230 g/mol. The van der Waals surface area contributed by atoms with Crippen molar-refractivity contribution in [2.75, 3.05) is 6.61 Å². The molecule has 0 radical (unpaired) electrons. The first kappa shape index (κ1) is 12.2. The fourth-order valence-electron chi connectivity index (χ4n) is 2.71. The molecule has 4 heteroatoms. The topological polar surface area (TPSA) is 29.5 Å². The highest BCUT2D eigenvalue weighted by molar-refractivity contribution is 6.42. The minimum Gasteiger partial charge on any atom is -0.427 e. The van der Waals surface area contributed by atoms with Crippen molar-refractivity contribution in [3.8, 4) is 0 Å². The van der Waals surface area contributed by atoms with Gasteiger partial charge in [-0.3, -0.25) is 0 Å². The van der Waals surface area contributed by atoms with Crippen molar-refractivity contribution in [2.24, 2.45) is 5.92 Å². The first-order valence-corrected chi connectivity index (χ1v) is 6.80. The van der Waals surface area contributed by atoms with E-state index in [1.54, 1.807) is 6.07 Å². The van der Waals surface area contributed by atoms with Crippen LogP contribution >= 0.6 is 0 Å². The Hall–Kier alpha value is -0.865. The van der Waals surface area contributed by atoms with E-state index in [1.807, 2.05) is 12.1 Å². The Bertz CT molecular complexity index is 426. The maximum absolute atomic E-state index is 13.9. The van der Waals surface area contributed by atoms with Crippen LogP contribution < -0.4 is 0 Å². The van der Waals surface area contributed by atoms with Crippen molar-refractivity contribution >= 4 is 7.12 Å². The van der Waals surface area contributed by atoms with Crippen molar-refractivity contribution < 1.29 is 14.1 Å². The monoisotopic (exact) mass is 248 g/mol. The lowest BCUT2D eigenvalue weighted by molar-refractivity contribution is 0.177. The fourth-order valence-corrected chi connectivity index (χ4v) is 2.71. The van der Waals surface area contributed by atoms with E-state index in [4.69, 9.17) is 4.65 Å². The highest BCUT2D eigenvalue weighted by Crippen LogP contribution is 2.41. The highest BCUT2D eigenvalue weighted by Gasteiger charge is 2.27. The van der Waals surface area contributed by atoms with Crippen LogP contribution in [0.2, 0.25) is 6.32 Å². The molecule has 2 aliphatic rings. The third kappa shape index (κ3) is 2.75. The van der Waals surface area contributed by atoms with E-state index < -0.39 is 7.12 Å². The minimum absolute atomic E-state index is 0.0493. The summed E-state index contributed by atoms with van der Waals surface area (Å²) in [6, 6.07) is 5.67. The van der Waals surface area contributed by atoms with Gasteiger partial charge in [0.05, 0.1) is 0 Å². The zero-order chi connectivity index (χ0) is 12.5. The number of hydrogen-bond acceptors (Lipinski definition) is 2. The van der Waals surface area contributed by atoms with Crippen molar-refractivity contribution in [3.05, 3.63) is 35.1 Å². The second-order valence-corrected chi connectivity index (χ2v) is 5.57. The maximum atomic E-state index is 13.9. The Kier molecular flexibility index (Phi) is 3.40. The molecule has 3 rings (SSSR count). The van der Waals surface area contributed by atoms with Crippen LogP contribution in [0.25, 0.3) is 0 Å². The molecule has 1 aliphatic carbocycles. The van der Waals surface area contributed by atoms with Gasteiger partial charge in [-0.1, -0.05) is 12.1 Å². The minimum atomic E-state index is -0.602. The Morgan fingerprint density at radius 2 is 2.17 bits per heavy atom. The summed E-state index contributed by atoms with van der Waals surface area (Å²) in [6.07, 6.45) is 4.74. The normalized spacial score (nSPS) is 24.3. The molecule has 1 aromatic carbocycles.